The van der Waals surface area contributed by atoms with E-state index in [0.29, 0.717) is 18.3 Å². The summed E-state index contributed by atoms with van der Waals surface area (Å²) in [6.45, 7) is 7.05. The van der Waals surface area contributed by atoms with Crippen molar-refractivity contribution < 1.29 is 9.13 Å². The number of nitrogens with one attached hydrogen (secondary N) is 1. The average Bonchev–Trinajstić information content (AvgIpc) is 3.29. The topological polar surface area (TPSA) is 40.1 Å². The maximum atomic E-state index is 13.7. The lowest BCUT2D eigenvalue weighted by Gasteiger charge is -2.26. The van der Waals surface area contributed by atoms with Gasteiger partial charge in [0, 0.05) is 26.2 Å². The first-order valence-corrected chi connectivity index (χ1v) is 9.28. The van der Waals surface area contributed by atoms with Crippen LogP contribution in [0.3, 0.4) is 0 Å². The minimum atomic E-state index is -0.327. The van der Waals surface area contributed by atoms with E-state index in [0.717, 1.165) is 19.0 Å². The molecule has 5 nitrogen and oxygen atoms in total. The number of nitrogens with zero attached hydrogens (tertiary/aromatic N) is 3. The fraction of sp³-hybridized carbons (Fsp3) is 0.632. The quantitative estimate of drug-likeness (QED) is 0.655. The summed E-state index contributed by atoms with van der Waals surface area (Å²) in [6, 6.07) is 7.16. The number of likely N-dealkylation sites (tertiary alicyclic amines) is 2. The second-order valence-corrected chi connectivity index (χ2v) is 6.92. The molecule has 2 aliphatic heterocycles. The molecule has 3 rings (SSSR count). The maximum Gasteiger partial charge on any atom is 0.193 e. The predicted molar refractivity (Wildman–Crippen MR) is 98.6 cm³/mol. The van der Waals surface area contributed by atoms with E-state index in [1.807, 2.05) is 14.0 Å². The molecule has 0 bridgehead atoms. The number of hydrogen-bond acceptors (Lipinski definition) is 3. The van der Waals surface area contributed by atoms with Crippen LogP contribution < -0.4 is 10.1 Å². The minimum absolute atomic E-state index is 0.148. The number of para-hydroxylation sites is 1. The third-order valence-corrected chi connectivity index (χ3v) is 5.04. The molecule has 2 saturated heterocycles. The molecule has 0 saturated carbocycles. The van der Waals surface area contributed by atoms with E-state index >= 15 is 0 Å². The van der Waals surface area contributed by atoms with Crippen molar-refractivity contribution in [3.8, 4) is 5.75 Å². The highest BCUT2D eigenvalue weighted by Crippen LogP contribution is 2.20. The molecule has 0 radical (unpaired) electrons. The zero-order valence-electron chi connectivity index (χ0n) is 15.2. The standard InChI is InChI=1S/C19H29FN4O/c1-15(25-18-8-4-3-7-17(18)20)13-22-19(21-2)24-12-9-16(14-24)23-10-5-6-11-23/h3-4,7-8,15-16H,5-6,9-14H2,1-2H3,(H,21,22). The van der Waals surface area contributed by atoms with Gasteiger partial charge < -0.3 is 15.0 Å². The Morgan fingerprint density at radius 3 is 2.80 bits per heavy atom. The van der Waals surface area contributed by atoms with Crippen molar-refractivity contribution in [2.24, 2.45) is 4.99 Å². The van der Waals surface area contributed by atoms with E-state index in [1.54, 1.807) is 18.2 Å². The Bertz CT molecular complexity index is 589. The normalized spacial score (nSPS) is 23.1. The number of hydrogen-bond donors (Lipinski definition) is 1. The molecule has 1 aromatic carbocycles. The first-order chi connectivity index (χ1) is 12.2. The molecule has 0 amide bonds. The van der Waals surface area contributed by atoms with Gasteiger partial charge in [-0.25, -0.2) is 4.39 Å². The third kappa shape index (κ3) is 4.63. The van der Waals surface area contributed by atoms with E-state index in [1.165, 1.54) is 38.4 Å². The summed E-state index contributed by atoms with van der Waals surface area (Å²) in [5, 5.41) is 3.37. The molecule has 2 atom stereocenters. The Kier molecular flexibility index (Phi) is 6.13. The van der Waals surface area contributed by atoms with E-state index in [4.69, 9.17) is 4.74 Å². The van der Waals surface area contributed by atoms with Crippen LogP contribution in [0.1, 0.15) is 26.2 Å². The van der Waals surface area contributed by atoms with Crippen LogP contribution in [-0.2, 0) is 0 Å². The highest BCUT2D eigenvalue weighted by molar-refractivity contribution is 5.80. The number of ether oxygens (including phenoxy) is 1. The van der Waals surface area contributed by atoms with Crippen molar-refractivity contribution in [2.45, 2.75) is 38.3 Å². The molecule has 1 aromatic rings. The molecule has 2 aliphatic rings. The van der Waals surface area contributed by atoms with E-state index in [-0.39, 0.29) is 11.9 Å². The summed E-state index contributed by atoms with van der Waals surface area (Å²) in [5.74, 6) is 0.875. The van der Waals surface area contributed by atoms with Crippen LogP contribution in [0.5, 0.6) is 5.75 Å². The van der Waals surface area contributed by atoms with Gasteiger partial charge in [-0.1, -0.05) is 12.1 Å². The number of halogens is 1. The first-order valence-electron chi connectivity index (χ1n) is 9.28. The zero-order valence-corrected chi connectivity index (χ0v) is 15.2. The fourth-order valence-corrected chi connectivity index (χ4v) is 3.71. The lowest BCUT2D eigenvalue weighted by atomic mass is 10.2. The fourth-order valence-electron chi connectivity index (χ4n) is 3.71. The van der Waals surface area contributed by atoms with Gasteiger partial charge in [-0.3, -0.25) is 9.89 Å². The van der Waals surface area contributed by atoms with Gasteiger partial charge in [-0.05, 0) is 51.4 Å². The maximum absolute atomic E-state index is 13.7. The molecule has 6 heteroatoms. The number of rotatable bonds is 5. The summed E-state index contributed by atoms with van der Waals surface area (Å²) >= 11 is 0. The van der Waals surface area contributed by atoms with Crippen molar-refractivity contribution in [1.29, 1.82) is 0 Å². The van der Waals surface area contributed by atoms with Gasteiger partial charge in [0.15, 0.2) is 17.5 Å². The number of benzene rings is 1. The average molecular weight is 348 g/mol. The minimum Gasteiger partial charge on any atom is -0.486 e. The van der Waals surface area contributed by atoms with Gasteiger partial charge in [0.2, 0.25) is 0 Å². The first kappa shape index (κ1) is 18.0. The van der Waals surface area contributed by atoms with Crippen molar-refractivity contribution in [3.05, 3.63) is 30.1 Å². The molecule has 0 aliphatic carbocycles. The Morgan fingerprint density at radius 1 is 1.32 bits per heavy atom. The summed E-state index contributed by atoms with van der Waals surface area (Å²) in [7, 11) is 1.81. The van der Waals surface area contributed by atoms with Crippen molar-refractivity contribution in [3.63, 3.8) is 0 Å². The second kappa shape index (κ2) is 8.52. The van der Waals surface area contributed by atoms with Crippen LogP contribution in [0.4, 0.5) is 4.39 Å². The van der Waals surface area contributed by atoms with Gasteiger partial charge in [-0.15, -0.1) is 0 Å². The van der Waals surface area contributed by atoms with Gasteiger partial charge in [0.05, 0.1) is 6.54 Å². The zero-order chi connectivity index (χ0) is 17.6. The highest BCUT2D eigenvalue weighted by Gasteiger charge is 2.30. The number of aliphatic imine (C=N–C) groups is 1. The van der Waals surface area contributed by atoms with E-state index in [9.17, 15) is 4.39 Å². The van der Waals surface area contributed by atoms with Gasteiger partial charge in [0.25, 0.3) is 0 Å². The second-order valence-electron chi connectivity index (χ2n) is 6.92. The van der Waals surface area contributed by atoms with Crippen molar-refractivity contribution in [2.75, 3.05) is 39.8 Å². The van der Waals surface area contributed by atoms with Crippen LogP contribution in [0.2, 0.25) is 0 Å². The lowest BCUT2D eigenvalue weighted by Crippen LogP contribution is -2.45. The Balaban J connectivity index is 1.47. The van der Waals surface area contributed by atoms with E-state index in [2.05, 4.69) is 20.1 Å². The summed E-state index contributed by atoms with van der Waals surface area (Å²) in [6.07, 6.45) is 3.70. The Labute approximate surface area is 149 Å². The molecule has 138 valence electrons. The smallest absolute Gasteiger partial charge is 0.193 e. The molecule has 1 N–H and O–H groups in total. The van der Waals surface area contributed by atoms with Crippen molar-refractivity contribution >= 4 is 5.96 Å². The Morgan fingerprint density at radius 2 is 2.08 bits per heavy atom. The predicted octanol–water partition coefficient (Wildman–Crippen LogP) is 2.34. The van der Waals surface area contributed by atoms with Crippen LogP contribution in [-0.4, -0.2) is 67.7 Å². The molecule has 2 heterocycles. The van der Waals surface area contributed by atoms with Gasteiger partial charge in [-0.2, -0.15) is 0 Å². The van der Waals surface area contributed by atoms with Gasteiger partial charge >= 0.3 is 0 Å². The molecule has 0 spiro atoms. The summed E-state index contributed by atoms with van der Waals surface area (Å²) in [4.78, 5) is 9.34. The van der Waals surface area contributed by atoms with E-state index < -0.39 is 0 Å². The summed E-state index contributed by atoms with van der Waals surface area (Å²) in [5.41, 5.74) is 0. The highest BCUT2D eigenvalue weighted by atomic mass is 19.1. The van der Waals surface area contributed by atoms with Crippen LogP contribution in [0.25, 0.3) is 0 Å². The van der Waals surface area contributed by atoms with Gasteiger partial charge in [0.1, 0.15) is 6.10 Å². The molecular formula is C19H29FN4O. The SMILES string of the molecule is CN=C(NCC(C)Oc1ccccc1F)N1CCC(N2CCCC2)C1. The van der Waals surface area contributed by atoms with Crippen LogP contribution in [0, 0.1) is 5.82 Å². The molecule has 0 aromatic heterocycles. The van der Waals surface area contributed by atoms with Crippen LogP contribution in [0.15, 0.2) is 29.3 Å². The molecule has 25 heavy (non-hydrogen) atoms. The molecule has 2 unspecified atom stereocenters. The Hall–Kier alpha value is -1.82. The summed E-state index contributed by atoms with van der Waals surface area (Å²) < 4.78 is 19.4. The van der Waals surface area contributed by atoms with Crippen molar-refractivity contribution in [1.82, 2.24) is 15.1 Å². The largest absolute Gasteiger partial charge is 0.486 e. The number of guanidine groups is 1. The van der Waals surface area contributed by atoms with Crippen LogP contribution >= 0.6 is 0 Å². The molecule has 2 fully saturated rings. The molecular weight excluding hydrogens is 319 g/mol. The third-order valence-electron chi connectivity index (χ3n) is 5.04. The monoisotopic (exact) mass is 348 g/mol. The lowest BCUT2D eigenvalue weighted by molar-refractivity contribution is 0.212.